The molecule has 2 atom stereocenters. The lowest BCUT2D eigenvalue weighted by molar-refractivity contribution is -0.232. The molecule has 2 saturated heterocycles. The topological polar surface area (TPSA) is 20.3 Å². The highest BCUT2D eigenvalue weighted by Gasteiger charge is 2.64. The zero-order chi connectivity index (χ0) is 14.4. The molecule has 0 N–H and O–H groups in total. The standard InChI is InChI=1S/C15H16F3NO/c16-15(17,18)14-7-4-8-19(14)13(20)9-12(10-14)11-5-2-1-3-6-11/h1-3,5-6,12H,4,7-10H2/t12-,14+/m1/s1. The second kappa shape index (κ2) is 4.50. The van der Waals surface area contributed by atoms with Crippen molar-refractivity contribution in [1.82, 2.24) is 4.90 Å². The van der Waals surface area contributed by atoms with Gasteiger partial charge in [0.2, 0.25) is 5.91 Å². The van der Waals surface area contributed by atoms with Gasteiger partial charge in [0, 0.05) is 13.0 Å². The van der Waals surface area contributed by atoms with Gasteiger partial charge in [0.05, 0.1) is 0 Å². The van der Waals surface area contributed by atoms with Crippen molar-refractivity contribution >= 4 is 5.91 Å². The lowest BCUT2D eigenvalue weighted by Crippen LogP contribution is -2.60. The normalized spacial score (nSPS) is 30.4. The molecule has 2 aliphatic rings. The van der Waals surface area contributed by atoms with Crippen LogP contribution in [0.1, 0.15) is 37.2 Å². The third kappa shape index (κ3) is 1.91. The first-order chi connectivity index (χ1) is 9.44. The summed E-state index contributed by atoms with van der Waals surface area (Å²) in [6.07, 6.45) is -3.71. The predicted molar refractivity (Wildman–Crippen MR) is 68.2 cm³/mol. The molecular weight excluding hydrogens is 267 g/mol. The molecule has 20 heavy (non-hydrogen) atoms. The summed E-state index contributed by atoms with van der Waals surface area (Å²) in [6.45, 7) is 0.236. The second-order valence-corrected chi connectivity index (χ2v) is 5.69. The summed E-state index contributed by atoms with van der Waals surface area (Å²) in [5, 5.41) is 0. The van der Waals surface area contributed by atoms with Crippen molar-refractivity contribution in [1.29, 1.82) is 0 Å². The number of hydrogen-bond acceptors (Lipinski definition) is 1. The van der Waals surface area contributed by atoms with Gasteiger partial charge in [-0.05, 0) is 30.7 Å². The number of nitrogens with zero attached hydrogens (tertiary/aromatic N) is 1. The van der Waals surface area contributed by atoms with E-state index in [-0.39, 0.29) is 37.6 Å². The SMILES string of the molecule is O=C1C[C@@H](c2ccccc2)C[C@]2(C(F)(F)F)CCCN12. The summed E-state index contributed by atoms with van der Waals surface area (Å²) in [6, 6.07) is 9.07. The Morgan fingerprint density at radius 2 is 1.90 bits per heavy atom. The molecule has 0 bridgehead atoms. The van der Waals surface area contributed by atoms with Crippen LogP contribution >= 0.6 is 0 Å². The molecule has 0 aromatic heterocycles. The lowest BCUT2D eigenvalue weighted by atomic mass is 9.76. The van der Waals surface area contributed by atoms with Crippen molar-refractivity contribution in [3.8, 4) is 0 Å². The van der Waals surface area contributed by atoms with Crippen molar-refractivity contribution in [3.63, 3.8) is 0 Å². The number of hydrogen-bond donors (Lipinski definition) is 0. The van der Waals surface area contributed by atoms with Crippen LogP contribution in [0.3, 0.4) is 0 Å². The average Bonchev–Trinajstić information content (AvgIpc) is 2.85. The molecule has 2 aliphatic heterocycles. The summed E-state index contributed by atoms with van der Waals surface area (Å²) in [5.41, 5.74) is -1.11. The molecule has 0 aliphatic carbocycles. The summed E-state index contributed by atoms with van der Waals surface area (Å²) >= 11 is 0. The van der Waals surface area contributed by atoms with E-state index in [1.165, 1.54) is 0 Å². The van der Waals surface area contributed by atoms with E-state index in [9.17, 15) is 18.0 Å². The number of fused-ring (bicyclic) bond motifs is 1. The van der Waals surface area contributed by atoms with Crippen molar-refractivity contribution in [2.45, 2.75) is 43.3 Å². The van der Waals surface area contributed by atoms with Gasteiger partial charge < -0.3 is 4.90 Å². The zero-order valence-electron chi connectivity index (χ0n) is 11.0. The maximum atomic E-state index is 13.6. The molecular formula is C15H16F3NO. The minimum Gasteiger partial charge on any atom is -0.328 e. The fraction of sp³-hybridized carbons (Fsp3) is 0.533. The number of alkyl halides is 3. The van der Waals surface area contributed by atoms with Crippen LogP contribution in [-0.2, 0) is 4.79 Å². The average molecular weight is 283 g/mol. The number of amides is 1. The van der Waals surface area contributed by atoms with Crippen LogP contribution in [0.4, 0.5) is 13.2 Å². The van der Waals surface area contributed by atoms with Gasteiger partial charge in [0.15, 0.2) is 0 Å². The Morgan fingerprint density at radius 3 is 2.55 bits per heavy atom. The number of rotatable bonds is 1. The summed E-state index contributed by atoms with van der Waals surface area (Å²) in [4.78, 5) is 13.2. The molecule has 2 heterocycles. The lowest BCUT2D eigenvalue weighted by Gasteiger charge is -2.46. The van der Waals surface area contributed by atoms with E-state index in [0.717, 1.165) is 10.5 Å². The van der Waals surface area contributed by atoms with Crippen molar-refractivity contribution in [2.24, 2.45) is 0 Å². The highest BCUT2D eigenvalue weighted by atomic mass is 19.4. The molecule has 5 heteroatoms. The molecule has 0 spiro atoms. The summed E-state index contributed by atoms with van der Waals surface area (Å²) in [7, 11) is 0. The van der Waals surface area contributed by atoms with E-state index in [2.05, 4.69) is 0 Å². The van der Waals surface area contributed by atoms with Gasteiger partial charge in [-0.3, -0.25) is 4.79 Å². The van der Waals surface area contributed by atoms with Gasteiger partial charge in [-0.2, -0.15) is 13.2 Å². The monoisotopic (exact) mass is 283 g/mol. The first-order valence-corrected chi connectivity index (χ1v) is 6.86. The molecule has 1 amide bonds. The summed E-state index contributed by atoms with van der Waals surface area (Å²) in [5.74, 6) is -0.695. The van der Waals surface area contributed by atoms with Crippen molar-refractivity contribution in [2.75, 3.05) is 6.54 Å². The largest absolute Gasteiger partial charge is 0.411 e. The Balaban J connectivity index is 1.98. The third-order valence-corrected chi connectivity index (χ3v) is 4.59. The van der Waals surface area contributed by atoms with Crippen LogP contribution in [0.5, 0.6) is 0 Å². The van der Waals surface area contributed by atoms with Crippen LogP contribution in [0.25, 0.3) is 0 Å². The smallest absolute Gasteiger partial charge is 0.328 e. The van der Waals surface area contributed by atoms with Crippen LogP contribution in [0.15, 0.2) is 30.3 Å². The zero-order valence-corrected chi connectivity index (χ0v) is 11.0. The Bertz CT molecular complexity index is 514. The van der Waals surface area contributed by atoms with E-state index < -0.39 is 11.7 Å². The Labute approximate surface area is 115 Å². The van der Waals surface area contributed by atoms with Gasteiger partial charge in [0.25, 0.3) is 0 Å². The second-order valence-electron chi connectivity index (χ2n) is 5.69. The minimum absolute atomic E-state index is 0.00769. The van der Waals surface area contributed by atoms with E-state index in [4.69, 9.17) is 0 Å². The predicted octanol–water partition coefficient (Wildman–Crippen LogP) is 3.49. The highest BCUT2D eigenvalue weighted by Crippen LogP contribution is 2.52. The molecule has 0 saturated carbocycles. The van der Waals surface area contributed by atoms with Crippen LogP contribution in [0.2, 0.25) is 0 Å². The van der Waals surface area contributed by atoms with E-state index in [1.54, 1.807) is 12.1 Å². The molecule has 2 nitrogen and oxygen atoms in total. The number of piperidine rings is 1. The van der Waals surface area contributed by atoms with Gasteiger partial charge in [0.1, 0.15) is 5.54 Å². The van der Waals surface area contributed by atoms with Crippen molar-refractivity contribution in [3.05, 3.63) is 35.9 Å². The van der Waals surface area contributed by atoms with Crippen LogP contribution in [-0.4, -0.2) is 29.1 Å². The number of benzene rings is 1. The van der Waals surface area contributed by atoms with Crippen LogP contribution in [0, 0.1) is 0 Å². The fourth-order valence-electron chi connectivity index (χ4n) is 3.63. The third-order valence-electron chi connectivity index (χ3n) is 4.59. The molecule has 2 fully saturated rings. The molecule has 0 radical (unpaired) electrons. The minimum atomic E-state index is -4.35. The van der Waals surface area contributed by atoms with E-state index >= 15 is 0 Å². The van der Waals surface area contributed by atoms with E-state index in [1.807, 2.05) is 18.2 Å². The maximum Gasteiger partial charge on any atom is 0.411 e. The highest BCUT2D eigenvalue weighted by molar-refractivity contribution is 5.80. The Hall–Kier alpha value is -1.52. The molecule has 0 unspecified atom stereocenters. The quantitative estimate of drug-likeness (QED) is 0.772. The Morgan fingerprint density at radius 1 is 1.20 bits per heavy atom. The van der Waals surface area contributed by atoms with E-state index in [0.29, 0.717) is 6.42 Å². The summed E-state index contributed by atoms with van der Waals surface area (Å²) < 4.78 is 40.7. The Kier molecular flexibility index (Phi) is 3.03. The van der Waals surface area contributed by atoms with Gasteiger partial charge in [-0.25, -0.2) is 0 Å². The maximum absolute atomic E-state index is 13.6. The number of carbonyl (C=O) groups is 1. The molecule has 108 valence electrons. The van der Waals surface area contributed by atoms with Crippen LogP contribution < -0.4 is 0 Å². The number of halogens is 3. The number of carbonyl (C=O) groups excluding carboxylic acids is 1. The van der Waals surface area contributed by atoms with Gasteiger partial charge in [-0.15, -0.1) is 0 Å². The fourth-order valence-corrected chi connectivity index (χ4v) is 3.63. The molecule has 3 rings (SSSR count). The van der Waals surface area contributed by atoms with Gasteiger partial charge >= 0.3 is 6.18 Å². The van der Waals surface area contributed by atoms with Gasteiger partial charge in [-0.1, -0.05) is 30.3 Å². The van der Waals surface area contributed by atoms with Crippen molar-refractivity contribution < 1.29 is 18.0 Å². The molecule has 1 aromatic carbocycles. The first kappa shape index (κ1) is 13.5. The first-order valence-electron chi connectivity index (χ1n) is 6.86. The molecule has 1 aromatic rings.